The summed E-state index contributed by atoms with van der Waals surface area (Å²) >= 11 is 0. The van der Waals surface area contributed by atoms with Crippen molar-refractivity contribution in [2.45, 2.75) is 95.4 Å². The number of nitrogens with one attached hydrogen (secondary N) is 2. The van der Waals surface area contributed by atoms with E-state index in [0.717, 1.165) is 37.7 Å². The quantitative estimate of drug-likeness (QED) is 0.359. The number of hydrogen-bond donors (Lipinski definition) is 4. The normalized spacial score (nSPS) is 21.9. The zero-order valence-corrected chi connectivity index (χ0v) is 21.5. The van der Waals surface area contributed by atoms with Crippen molar-refractivity contribution in [1.82, 2.24) is 15.5 Å². The molecule has 0 aromatic heterocycles. The van der Waals surface area contributed by atoms with Crippen molar-refractivity contribution >= 4 is 23.9 Å². The van der Waals surface area contributed by atoms with Crippen LogP contribution in [0.25, 0.3) is 0 Å². The van der Waals surface area contributed by atoms with Gasteiger partial charge in [0.2, 0.25) is 17.7 Å². The molecule has 0 saturated carbocycles. The van der Waals surface area contributed by atoms with Gasteiger partial charge in [-0.3, -0.25) is 14.4 Å². The minimum absolute atomic E-state index is 0.0167. The van der Waals surface area contributed by atoms with Crippen LogP contribution >= 0.6 is 0 Å². The van der Waals surface area contributed by atoms with E-state index in [1.54, 1.807) is 4.90 Å². The Kier molecular flexibility index (Phi) is 13.0. The zero-order chi connectivity index (χ0) is 27.2. The first-order valence-corrected chi connectivity index (χ1v) is 13.1. The molecule has 2 aliphatic rings. The van der Waals surface area contributed by atoms with E-state index >= 15 is 0 Å². The molecule has 3 amide bonds. The van der Waals surface area contributed by atoms with Crippen molar-refractivity contribution in [1.29, 1.82) is 0 Å². The van der Waals surface area contributed by atoms with Gasteiger partial charge in [-0.2, -0.15) is 9.59 Å². The number of nitrogens with zero attached hydrogens (tertiary/aromatic N) is 1. The van der Waals surface area contributed by atoms with Crippen molar-refractivity contribution in [3.63, 3.8) is 0 Å². The van der Waals surface area contributed by atoms with Crippen LogP contribution in [-0.2, 0) is 36.8 Å². The lowest BCUT2D eigenvalue weighted by Gasteiger charge is -2.35. The molecule has 10 heteroatoms. The largest absolute Gasteiger partial charge is 0.394 e. The van der Waals surface area contributed by atoms with Crippen LogP contribution in [0.4, 0.5) is 0 Å². The molecule has 2 saturated heterocycles. The molecule has 4 N–H and O–H groups in total. The van der Waals surface area contributed by atoms with Gasteiger partial charge in [0.15, 0.2) is 0 Å². The predicted octanol–water partition coefficient (Wildman–Crippen LogP) is 0.876. The minimum Gasteiger partial charge on any atom is -0.394 e. The summed E-state index contributed by atoms with van der Waals surface area (Å²) in [6, 6.07) is 7.10. The van der Waals surface area contributed by atoms with Crippen LogP contribution in [0.2, 0.25) is 0 Å². The van der Waals surface area contributed by atoms with Gasteiger partial charge in [-0.25, -0.2) is 0 Å². The van der Waals surface area contributed by atoms with Crippen molar-refractivity contribution in [2.24, 2.45) is 0 Å². The molecular formula is C27H39N3O7. The summed E-state index contributed by atoms with van der Waals surface area (Å²) in [6.45, 7) is 2.00. The zero-order valence-electron chi connectivity index (χ0n) is 21.5. The minimum atomic E-state index is -0.871. The lowest BCUT2D eigenvalue weighted by Crippen LogP contribution is -2.56. The number of benzene rings is 1. The second-order valence-corrected chi connectivity index (χ2v) is 9.57. The highest BCUT2D eigenvalue weighted by molar-refractivity contribution is 5.93. The maximum absolute atomic E-state index is 13.5. The van der Waals surface area contributed by atoms with Gasteiger partial charge >= 0.3 is 6.15 Å². The molecule has 0 aliphatic carbocycles. The second-order valence-electron chi connectivity index (χ2n) is 9.57. The number of aryl methyl sites for hydroxylation is 2. The molecule has 0 spiro atoms. The molecule has 2 fully saturated rings. The van der Waals surface area contributed by atoms with E-state index in [9.17, 15) is 19.5 Å². The SMILES string of the molecule is CCc1ccc(CCC(=O)N[C@H]2CCCCC3CC[C@@H](C(=O)NCC[C@H](O)CO)N3C2=O)cc1.O=C=O. The summed E-state index contributed by atoms with van der Waals surface area (Å²) in [4.78, 5) is 56.9. The maximum atomic E-state index is 13.5. The Hall–Kier alpha value is -3.07. The van der Waals surface area contributed by atoms with Gasteiger partial charge in [0.25, 0.3) is 0 Å². The van der Waals surface area contributed by atoms with Crippen LogP contribution in [0.5, 0.6) is 0 Å². The Morgan fingerprint density at radius 1 is 1.08 bits per heavy atom. The lowest BCUT2D eigenvalue weighted by molar-refractivity contribution is -0.191. The van der Waals surface area contributed by atoms with Crippen LogP contribution in [0.1, 0.15) is 69.4 Å². The van der Waals surface area contributed by atoms with Crippen LogP contribution in [0, 0.1) is 0 Å². The number of carbonyl (C=O) groups excluding carboxylic acids is 5. The molecule has 1 aromatic carbocycles. The average molecular weight is 518 g/mol. The highest BCUT2D eigenvalue weighted by atomic mass is 16.3. The maximum Gasteiger partial charge on any atom is 0.373 e. The third-order valence-corrected chi connectivity index (χ3v) is 7.03. The Bertz CT molecular complexity index is 915. The van der Waals surface area contributed by atoms with E-state index in [1.165, 1.54) is 5.56 Å². The Labute approximate surface area is 217 Å². The molecule has 0 bridgehead atoms. The summed E-state index contributed by atoms with van der Waals surface area (Å²) < 4.78 is 0. The van der Waals surface area contributed by atoms with E-state index in [1.807, 2.05) is 12.1 Å². The van der Waals surface area contributed by atoms with Crippen molar-refractivity contribution in [3.8, 4) is 0 Å². The Morgan fingerprint density at radius 3 is 2.38 bits per heavy atom. The fraction of sp³-hybridized carbons (Fsp3) is 0.630. The number of fused-ring (bicyclic) bond motifs is 1. The topological polar surface area (TPSA) is 153 Å². The van der Waals surface area contributed by atoms with Crippen LogP contribution in [0.15, 0.2) is 24.3 Å². The van der Waals surface area contributed by atoms with Gasteiger partial charge in [-0.1, -0.05) is 44.0 Å². The number of hydrogen-bond acceptors (Lipinski definition) is 7. The number of amides is 3. The monoisotopic (exact) mass is 517 g/mol. The van der Waals surface area contributed by atoms with E-state index in [4.69, 9.17) is 14.7 Å². The molecule has 2 heterocycles. The fourth-order valence-corrected chi connectivity index (χ4v) is 4.96. The van der Waals surface area contributed by atoms with Crippen molar-refractivity contribution < 1.29 is 34.2 Å². The highest BCUT2D eigenvalue weighted by Gasteiger charge is 2.43. The van der Waals surface area contributed by atoms with Gasteiger partial charge in [0, 0.05) is 19.0 Å². The molecule has 1 unspecified atom stereocenters. The molecule has 204 valence electrons. The van der Waals surface area contributed by atoms with E-state index in [2.05, 4.69) is 29.7 Å². The summed E-state index contributed by atoms with van der Waals surface area (Å²) in [5, 5.41) is 24.2. The molecule has 1 aromatic rings. The van der Waals surface area contributed by atoms with Gasteiger partial charge in [-0.05, 0) is 56.1 Å². The smallest absolute Gasteiger partial charge is 0.373 e. The summed E-state index contributed by atoms with van der Waals surface area (Å²) in [5.41, 5.74) is 2.36. The average Bonchev–Trinajstić information content (AvgIpc) is 3.32. The van der Waals surface area contributed by atoms with E-state index in [0.29, 0.717) is 25.7 Å². The number of aliphatic hydroxyl groups is 2. The first kappa shape index (κ1) is 30.2. The molecular weight excluding hydrogens is 478 g/mol. The third kappa shape index (κ3) is 9.39. The molecule has 10 nitrogen and oxygen atoms in total. The number of aliphatic hydroxyl groups excluding tert-OH is 2. The first-order chi connectivity index (χ1) is 17.8. The highest BCUT2D eigenvalue weighted by Crippen LogP contribution is 2.31. The van der Waals surface area contributed by atoms with E-state index in [-0.39, 0.29) is 49.5 Å². The third-order valence-electron chi connectivity index (χ3n) is 7.03. The van der Waals surface area contributed by atoms with Crippen molar-refractivity contribution in [2.75, 3.05) is 13.2 Å². The fourth-order valence-electron chi connectivity index (χ4n) is 4.96. The van der Waals surface area contributed by atoms with Gasteiger partial charge in [0.1, 0.15) is 12.1 Å². The number of carbonyl (C=O) groups is 3. The van der Waals surface area contributed by atoms with Crippen LogP contribution in [-0.4, -0.2) is 76.4 Å². The summed E-state index contributed by atoms with van der Waals surface area (Å²) in [7, 11) is 0. The summed E-state index contributed by atoms with van der Waals surface area (Å²) in [6.07, 6.45) is 6.20. The Balaban J connectivity index is 0.00000153. The number of rotatable bonds is 10. The van der Waals surface area contributed by atoms with Gasteiger partial charge in [-0.15, -0.1) is 0 Å². The Morgan fingerprint density at radius 2 is 1.73 bits per heavy atom. The van der Waals surface area contributed by atoms with Crippen LogP contribution in [0.3, 0.4) is 0 Å². The van der Waals surface area contributed by atoms with Crippen LogP contribution < -0.4 is 10.6 Å². The lowest BCUT2D eigenvalue weighted by atomic mass is 9.98. The first-order valence-electron chi connectivity index (χ1n) is 13.1. The molecule has 37 heavy (non-hydrogen) atoms. The van der Waals surface area contributed by atoms with Gasteiger partial charge in [0.05, 0.1) is 12.7 Å². The molecule has 4 atom stereocenters. The van der Waals surface area contributed by atoms with E-state index < -0.39 is 18.2 Å². The molecule has 0 radical (unpaired) electrons. The summed E-state index contributed by atoms with van der Waals surface area (Å²) in [5.74, 6) is -0.547. The predicted molar refractivity (Wildman–Crippen MR) is 134 cm³/mol. The molecule has 3 rings (SSSR count). The van der Waals surface area contributed by atoms with Crippen molar-refractivity contribution in [3.05, 3.63) is 35.4 Å². The second kappa shape index (κ2) is 15.9. The molecule has 2 aliphatic heterocycles. The van der Waals surface area contributed by atoms with Gasteiger partial charge < -0.3 is 25.7 Å². The standard InChI is InChI=1S/C26H39N3O5.CO2/c1-2-18-7-9-19(10-8-18)11-14-24(32)28-22-6-4-3-5-20-12-13-23(29(20)26(22)34)25(33)27-16-15-21(31)17-30;2-1-3/h7-10,20-23,30-31H,2-6,11-17H2,1H3,(H,27,33)(H,28,32);/t20?,21-,22-,23-;/m0./s1.